The van der Waals surface area contributed by atoms with Crippen molar-refractivity contribution in [1.29, 1.82) is 0 Å². The van der Waals surface area contributed by atoms with Gasteiger partial charge >= 0.3 is 6.09 Å². The van der Waals surface area contributed by atoms with Crippen LogP contribution >= 0.6 is 0 Å². The third kappa shape index (κ3) is 4.64. The molecule has 0 aromatic carbocycles. The van der Waals surface area contributed by atoms with Gasteiger partial charge in [-0.05, 0) is 96.9 Å². The summed E-state index contributed by atoms with van der Waals surface area (Å²) in [6.07, 6.45) is 8.29. The third-order valence-corrected chi connectivity index (χ3v) is 8.34. The van der Waals surface area contributed by atoms with Crippen LogP contribution in [0.4, 0.5) is 4.79 Å². The number of aliphatic hydroxyl groups excluding tert-OH is 1. The molecule has 172 valence electrons. The number of amides is 1. The minimum atomic E-state index is -0.363. The van der Waals surface area contributed by atoms with Crippen molar-refractivity contribution in [3.8, 4) is 0 Å². The van der Waals surface area contributed by atoms with E-state index in [0.717, 1.165) is 38.5 Å². The Hall–Kier alpha value is -0.890. The van der Waals surface area contributed by atoms with E-state index in [1.165, 1.54) is 51.6 Å². The van der Waals surface area contributed by atoms with Crippen LogP contribution in [0, 0.1) is 11.3 Å². The number of carbonyl (C=O) groups excluding carboxylic acids is 1. The number of likely N-dealkylation sites (N-methyl/N-ethyl adjacent to an activating group) is 1. The Morgan fingerprint density at radius 2 is 1.90 bits per heavy atom. The van der Waals surface area contributed by atoms with Crippen molar-refractivity contribution in [2.24, 2.45) is 11.3 Å². The Balaban J connectivity index is 1.21. The zero-order chi connectivity index (χ0) is 21.3. The molecule has 1 saturated carbocycles. The van der Waals surface area contributed by atoms with E-state index in [9.17, 15) is 9.90 Å². The summed E-state index contributed by atoms with van der Waals surface area (Å²) in [4.78, 5) is 21.1. The van der Waals surface area contributed by atoms with Crippen LogP contribution < -0.4 is 0 Å². The van der Waals surface area contributed by atoms with E-state index in [2.05, 4.69) is 9.80 Å². The summed E-state index contributed by atoms with van der Waals surface area (Å²) in [6, 6.07) is 1.37. The van der Waals surface area contributed by atoms with Gasteiger partial charge in [0.1, 0.15) is 6.23 Å². The van der Waals surface area contributed by atoms with Crippen LogP contribution in [0.5, 0.6) is 0 Å². The highest BCUT2D eigenvalue weighted by Gasteiger charge is 2.51. The molecule has 0 radical (unpaired) electrons. The average molecular weight is 423 g/mol. The van der Waals surface area contributed by atoms with Gasteiger partial charge in [-0.2, -0.15) is 0 Å². The van der Waals surface area contributed by atoms with Crippen LogP contribution in [0.3, 0.4) is 0 Å². The van der Waals surface area contributed by atoms with Gasteiger partial charge in [-0.3, -0.25) is 9.80 Å². The molecule has 3 aliphatic heterocycles. The van der Waals surface area contributed by atoms with Gasteiger partial charge in [0.2, 0.25) is 0 Å². The maximum atomic E-state index is 12.0. The maximum Gasteiger partial charge on any atom is 0.409 e. The Morgan fingerprint density at radius 1 is 1.17 bits per heavy atom. The van der Waals surface area contributed by atoms with Crippen LogP contribution in [0.1, 0.15) is 51.9 Å². The molecule has 0 aromatic rings. The summed E-state index contributed by atoms with van der Waals surface area (Å²) in [5.41, 5.74) is 0.360. The smallest absolute Gasteiger partial charge is 0.409 e. The number of nitrogens with zero attached hydrogens (tertiary/aromatic N) is 4. The molecule has 30 heavy (non-hydrogen) atoms. The van der Waals surface area contributed by atoms with Crippen LogP contribution in [0.15, 0.2) is 0 Å². The van der Waals surface area contributed by atoms with E-state index in [0.29, 0.717) is 24.1 Å². The number of hydrogen-bond donors (Lipinski definition) is 1. The van der Waals surface area contributed by atoms with Gasteiger partial charge in [-0.25, -0.2) is 4.79 Å². The molecule has 4 rings (SSSR count). The second kappa shape index (κ2) is 9.31. The van der Waals surface area contributed by atoms with Gasteiger partial charge in [0.25, 0.3) is 0 Å². The number of carbonyl (C=O) groups is 1. The zero-order valence-electron chi connectivity index (χ0n) is 19.3. The summed E-state index contributed by atoms with van der Waals surface area (Å²) < 4.78 is 5.19. The fourth-order valence-corrected chi connectivity index (χ4v) is 6.49. The number of aliphatic hydroxyl groups is 1. The largest absolute Gasteiger partial charge is 0.450 e. The zero-order valence-corrected chi connectivity index (χ0v) is 19.3. The predicted octanol–water partition coefficient (Wildman–Crippen LogP) is 2.05. The molecule has 1 unspecified atom stereocenters. The van der Waals surface area contributed by atoms with Gasteiger partial charge in [0, 0.05) is 31.7 Å². The van der Waals surface area contributed by atoms with Crippen molar-refractivity contribution in [3.63, 3.8) is 0 Å². The number of ether oxygens (including phenoxy) is 1. The van der Waals surface area contributed by atoms with E-state index in [1.54, 1.807) is 0 Å². The highest BCUT2D eigenvalue weighted by molar-refractivity contribution is 5.68. The number of hydrogen-bond acceptors (Lipinski definition) is 6. The van der Waals surface area contributed by atoms with Crippen molar-refractivity contribution < 1.29 is 14.6 Å². The monoisotopic (exact) mass is 422 g/mol. The average Bonchev–Trinajstić information content (AvgIpc) is 3.34. The summed E-state index contributed by atoms with van der Waals surface area (Å²) in [5.74, 6) is 0.776. The first-order valence-electron chi connectivity index (χ1n) is 12.1. The lowest BCUT2D eigenvalue weighted by Crippen LogP contribution is -2.55. The van der Waals surface area contributed by atoms with Gasteiger partial charge in [-0.15, -0.1) is 0 Å². The second-order valence-corrected chi connectivity index (χ2v) is 10.5. The quantitative estimate of drug-likeness (QED) is 0.661. The number of piperidine rings is 1. The first kappa shape index (κ1) is 22.3. The van der Waals surface area contributed by atoms with E-state index >= 15 is 0 Å². The highest BCUT2D eigenvalue weighted by atomic mass is 16.6. The Bertz CT molecular complexity index is 587. The van der Waals surface area contributed by atoms with Crippen LogP contribution in [0.25, 0.3) is 0 Å². The topological polar surface area (TPSA) is 59.5 Å². The highest BCUT2D eigenvalue weighted by Crippen LogP contribution is 2.51. The van der Waals surface area contributed by atoms with Crippen molar-refractivity contribution in [2.75, 3.05) is 60.0 Å². The molecule has 3 heterocycles. The second-order valence-electron chi connectivity index (χ2n) is 10.5. The normalized spacial score (nSPS) is 34.6. The molecule has 0 bridgehead atoms. The van der Waals surface area contributed by atoms with Crippen LogP contribution in [0.2, 0.25) is 0 Å². The fraction of sp³-hybridized carbons (Fsp3) is 0.957. The summed E-state index contributed by atoms with van der Waals surface area (Å²) in [5, 5.41) is 10.3. The molecular weight excluding hydrogens is 380 g/mol. The van der Waals surface area contributed by atoms with E-state index in [-0.39, 0.29) is 12.3 Å². The van der Waals surface area contributed by atoms with Gasteiger partial charge in [-0.1, -0.05) is 0 Å². The lowest BCUT2D eigenvalue weighted by atomic mass is 9.64. The first-order valence-corrected chi connectivity index (χ1v) is 12.1. The molecule has 2 atom stereocenters. The Kier molecular flexibility index (Phi) is 6.92. The van der Waals surface area contributed by atoms with Crippen LogP contribution in [-0.4, -0.2) is 109 Å². The Morgan fingerprint density at radius 3 is 2.57 bits per heavy atom. The molecule has 4 aliphatic rings. The molecular formula is C23H42N4O3. The summed E-state index contributed by atoms with van der Waals surface area (Å²) in [7, 11) is 3.91. The maximum absolute atomic E-state index is 12.0. The predicted molar refractivity (Wildman–Crippen MR) is 117 cm³/mol. The molecule has 7 heteroatoms. The van der Waals surface area contributed by atoms with Crippen molar-refractivity contribution in [3.05, 3.63) is 0 Å². The minimum absolute atomic E-state index is 0.126. The van der Waals surface area contributed by atoms with E-state index < -0.39 is 0 Å². The van der Waals surface area contributed by atoms with Gasteiger partial charge in [0.15, 0.2) is 0 Å². The minimum Gasteiger partial charge on any atom is -0.450 e. The molecule has 0 aromatic heterocycles. The SMILES string of the molecule is CCOC(=O)N1CCC2(CC(N3CCC([C@@H]4CCCN4CC(O)N(C)C)CC3)C2)C1. The molecule has 3 saturated heterocycles. The molecule has 1 spiro atoms. The van der Waals surface area contributed by atoms with Gasteiger partial charge in [0.05, 0.1) is 6.61 Å². The molecule has 7 nitrogen and oxygen atoms in total. The number of β-amino-alcohol motifs (C(OH)–C–C–N with tert-alkyl or cyclic N) is 1. The first-order chi connectivity index (χ1) is 14.4. The van der Waals surface area contributed by atoms with Crippen molar-refractivity contribution in [2.45, 2.75) is 70.2 Å². The number of rotatable bonds is 6. The van der Waals surface area contributed by atoms with E-state index in [1.807, 2.05) is 30.8 Å². The summed E-state index contributed by atoms with van der Waals surface area (Å²) in [6.45, 7) is 8.45. The third-order valence-electron chi connectivity index (χ3n) is 8.34. The van der Waals surface area contributed by atoms with Crippen LogP contribution in [-0.2, 0) is 4.74 Å². The Labute approximate surface area is 182 Å². The lowest BCUT2D eigenvalue weighted by Gasteiger charge is -2.52. The van der Waals surface area contributed by atoms with Crippen molar-refractivity contribution in [1.82, 2.24) is 19.6 Å². The van der Waals surface area contributed by atoms with Crippen molar-refractivity contribution >= 4 is 6.09 Å². The standard InChI is InChI=1S/C23H42N4O3/c1-4-30-22(29)27-13-9-23(17-27)14-19(15-23)25-11-7-18(8-12-25)20-6-5-10-26(20)16-21(28)24(2)3/h18-21,28H,4-17H2,1-3H3/t19?,20-,21?,23?/m0/s1. The molecule has 1 aliphatic carbocycles. The molecule has 4 fully saturated rings. The molecule has 1 amide bonds. The lowest BCUT2D eigenvalue weighted by molar-refractivity contribution is -0.0258. The summed E-state index contributed by atoms with van der Waals surface area (Å²) >= 11 is 0. The van der Waals surface area contributed by atoms with E-state index in [4.69, 9.17) is 4.74 Å². The van der Waals surface area contributed by atoms with Gasteiger partial charge < -0.3 is 19.6 Å². The molecule has 1 N–H and O–H groups in total. The fourth-order valence-electron chi connectivity index (χ4n) is 6.49. The number of likely N-dealkylation sites (tertiary alicyclic amines) is 3.